The normalized spacial score (nSPS) is 14.9. The highest BCUT2D eigenvalue weighted by molar-refractivity contribution is 7.89. The molecule has 1 saturated heterocycles. The minimum Gasteiger partial charge on any atom is -0.496 e. The first-order valence-electron chi connectivity index (χ1n) is 9.71. The van der Waals surface area contributed by atoms with Crippen LogP contribution >= 0.6 is 0 Å². The number of nitrogens with zero attached hydrogens (tertiary/aromatic N) is 1. The van der Waals surface area contributed by atoms with Crippen molar-refractivity contribution < 1.29 is 27.4 Å². The first kappa shape index (κ1) is 22.1. The van der Waals surface area contributed by atoms with Gasteiger partial charge >= 0.3 is 0 Å². The van der Waals surface area contributed by atoms with Crippen LogP contribution in [0.4, 0.5) is 0 Å². The minimum atomic E-state index is -3.72. The summed E-state index contributed by atoms with van der Waals surface area (Å²) in [5, 5.41) is 2.81. The summed E-state index contributed by atoms with van der Waals surface area (Å²) < 4.78 is 43.1. The number of nitrogens with one attached hydrogen (secondary N) is 1. The Kier molecular flexibility index (Phi) is 7.30. The molecular weight excluding hydrogens is 408 g/mol. The topological polar surface area (TPSA) is 94.2 Å². The molecule has 9 heteroatoms. The maximum absolute atomic E-state index is 12.9. The molecular formula is C21H26N2O6S. The predicted molar refractivity (Wildman–Crippen MR) is 111 cm³/mol. The molecule has 0 aromatic heterocycles. The molecule has 2 aromatic carbocycles. The van der Waals surface area contributed by atoms with E-state index in [4.69, 9.17) is 14.2 Å². The summed E-state index contributed by atoms with van der Waals surface area (Å²) >= 11 is 0. The molecule has 0 aliphatic carbocycles. The van der Waals surface area contributed by atoms with Crippen LogP contribution in [0.3, 0.4) is 0 Å². The van der Waals surface area contributed by atoms with E-state index in [-0.39, 0.29) is 30.1 Å². The van der Waals surface area contributed by atoms with Gasteiger partial charge in [-0.1, -0.05) is 12.1 Å². The number of carbonyl (C=O) groups excluding carboxylic acids is 1. The zero-order chi connectivity index (χ0) is 21.6. The summed E-state index contributed by atoms with van der Waals surface area (Å²) in [6, 6.07) is 11.7. The molecule has 8 nitrogen and oxygen atoms in total. The van der Waals surface area contributed by atoms with Crippen molar-refractivity contribution >= 4 is 15.9 Å². The molecule has 0 bridgehead atoms. The van der Waals surface area contributed by atoms with E-state index in [9.17, 15) is 13.2 Å². The summed E-state index contributed by atoms with van der Waals surface area (Å²) in [7, 11) is -2.28. The monoisotopic (exact) mass is 434 g/mol. The van der Waals surface area contributed by atoms with Crippen molar-refractivity contribution in [2.24, 2.45) is 0 Å². The van der Waals surface area contributed by atoms with Crippen LogP contribution in [-0.4, -0.2) is 58.7 Å². The maximum atomic E-state index is 12.9. The Bertz CT molecular complexity index is 969. The van der Waals surface area contributed by atoms with Crippen molar-refractivity contribution in [3.8, 4) is 11.5 Å². The number of carbonyl (C=O) groups is 1. The fraction of sp³-hybridized carbons (Fsp3) is 0.381. The Morgan fingerprint density at radius 1 is 1.13 bits per heavy atom. The lowest BCUT2D eigenvalue weighted by Gasteiger charge is -2.26. The highest BCUT2D eigenvalue weighted by Gasteiger charge is 2.28. The van der Waals surface area contributed by atoms with Crippen LogP contribution in [0.15, 0.2) is 47.4 Å². The summed E-state index contributed by atoms with van der Waals surface area (Å²) in [6.45, 7) is 4.06. The predicted octanol–water partition coefficient (Wildman–Crippen LogP) is 2.04. The van der Waals surface area contributed by atoms with Gasteiger partial charge < -0.3 is 19.5 Å². The Labute approximate surface area is 176 Å². The molecule has 3 rings (SSSR count). The van der Waals surface area contributed by atoms with Crippen molar-refractivity contribution in [1.29, 1.82) is 0 Å². The van der Waals surface area contributed by atoms with Gasteiger partial charge in [0.05, 0.1) is 37.4 Å². The standard InChI is InChI=1S/C21H26N2O6S/c1-3-29-17-6-4-16(5-7-17)15-22-21(24)19-14-18(8-9-20(19)27-2)30(25,26)23-10-12-28-13-11-23/h4-9,14H,3,10-13,15H2,1-2H3,(H,22,24). The number of morpholine rings is 1. The van der Waals surface area contributed by atoms with Gasteiger partial charge in [-0.05, 0) is 42.8 Å². The highest BCUT2D eigenvalue weighted by atomic mass is 32.2. The second kappa shape index (κ2) is 9.92. The van der Waals surface area contributed by atoms with Gasteiger partial charge in [0.25, 0.3) is 5.91 Å². The zero-order valence-corrected chi connectivity index (χ0v) is 17.9. The summed E-state index contributed by atoms with van der Waals surface area (Å²) in [5.41, 5.74) is 1.06. The van der Waals surface area contributed by atoms with Gasteiger partial charge in [0, 0.05) is 19.6 Å². The number of amides is 1. The molecule has 1 fully saturated rings. The number of benzene rings is 2. The zero-order valence-electron chi connectivity index (χ0n) is 17.1. The van der Waals surface area contributed by atoms with Crippen molar-refractivity contribution in [3.05, 3.63) is 53.6 Å². The molecule has 0 radical (unpaired) electrons. The minimum absolute atomic E-state index is 0.0522. The molecule has 162 valence electrons. The van der Waals surface area contributed by atoms with E-state index in [1.807, 2.05) is 31.2 Å². The largest absolute Gasteiger partial charge is 0.496 e. The van der Waals surface area contributed by atoms with Crippen LogP contribution in [0.1, 0.15) is 22.8 Å². The van der Waals surface area contributed by atoms with Crippen LogP contribution < -0.4 is 14.8 Å². The molecule has 0 atom stereocenters. The van der Waals surface area contributed by atoms with Gasteiger partial charge in [-0.15, -0.1) is 0 Å². The number of ether oxygens (including phenoxy) is 3. The molecule has 1 amide bonds. The first-order chi connectivity index (χ1) is 14.5. The third-order valence-electron chi connectivity index (χ3n) is 4.71. The molecule has 2 aromatic rings. The van der Waals surface area contributed by atoms with Crippen molar-refractivity contribution in [2.75, 3.05) is 40.0 Å². The molecule has 1 aliphatic heterocycles. The molecule has 30 heavy (non-hydrogen) atoms. The molecule has 1 N–H and O–H groups in total. The molecule has 1 aliphatic rings. The van der Waals surface area contributed by atoms with Crippen LogP contribution in [0.5, 0.6) is 11.5 Å². The molecule has 0 saturated carbocycles. The van der Waals surface area contributed by atoms with Crippen molar-refractivity contribution in [2.45, 2.75) is 18.4 Å². The van der Waals surface area contributed by atoms with Gasteiger partial charge in [-0.3, -0.25) is 4.79 Å². The second-order valence-corrected chi connectivity index (χ2v) is 8.58. The third kappa shape index (κ3) is 5.10. The lowest BCUT2D eigenvalue weighted by atomic mass is 10.1. The lowest BCUT2D eigenvalue weighted by molar-refractivity contribution is 0.0730. The molecule has 1 heterocycles. The lowest BCUT2D eigenvalue weighted by Crippen LogP contribution is -2.40. The van der Waals surface area contributed by atoms with E-state index in [1.54, 1.807) is 0 Å². The van der Waals surface area contributed by atoms with E-state index in [0.717, 1.165) is 11.3 Å². The fourth-order valence-electron chi connectivity index (χ4n) is 3.11. The van der Waals surface area contributed by atoms with Crippen LogP contribution in [-0.2, 0) is 21.3 Å². The SMILES string of the molecule is CCOc1ccc(CNC(=O)c2cc(S(=O)(=O)N3CCOCC3)ccc2OC)cc1. The van der Waals surface area contributed by atoms with E-state index < -0.39 is 15.9 Å². The fourth-order valence-corrected chi connectivity index (χ4v) is 4.54. The van der Waals surface area contributed by atoms with Gasteiger partial charge in [0.2, 0.25) is 10.0 Å². The summed E-state index contributed by atoms with van der Waals surface area (Å²) in [4.78, 5) is 12.8. The van der Waals surface area contributed by atoms with Gasteiger partial charge in [-0.25, -0.2) is 8.42 Å². The van der Waals surface area contributed by atoms with E-state index in [0.29, 0.717) is 25.6 Å². The number of rotatable bonds is 8. The quantitative estimate of drug-likeness (QED) is 0.683. The first-order valence-corrected chi connectivity index (χ1v) is 11.2. The molecule has 0 unspecified atom stereocenters. The van der Waals surface area contributed by atoms with Crippen LogP contribution in [0.2, 0.25) is 0 Å². The average Bonchev–Trinajstić information content (AvgIpc) is 2.78. The summed E-state index contributed by atoms with van der Waals surface area (Å²) in [6.07, 6.45) is 0. The number of hydrogen-bond acceptors (Lipinski definition) is 6. The third-order valence-corrected chi connectivity index (χ3v) is 6.61. The van der Waals surface area contributed by atoms with E-state index in [1.165, 1.54) is 29.6 Å². The Morgan fingerprint density at radius 3 is 2.47 bits per heavy atom. The Hall–Kier alpha value is -2.62. The van der Waals surface area contributed by atoms with Crippen molar-refractivity contribution in [1.82, 2.24) is 9.62 Å². The second-order valence-electron chi connectivity index (χ2n) is 6.64. The number of methoxy groups -OCH3 is 1. The van der Waals surface area contributed by atoms with Gasteiger partial charge in [0.15, 0.2) is 0 Å². The van der Waals surface area contributed by atoms with Crippen LogP contribution in [0.25, 0.3) is 0 Å². The number of hydrogen-bond donors (Lipinski definition) is 1. The molecule has 0 spiro atoms. The summed E-state index contributed by atoms with van der Waals surface area (Å²) in [5.74, 6) is 0.648. The number of sulfonamides is 1. The van der Waals surface area contributed by atoms with Crippen molar-refractivity contribution in [3.63, 3.8) is 0 Å². The Balaban J connectivity index is 1.76. The van der Waals surface area contributed by atoms with Gasteiger partial charge in [-0.2, -0.15) is 4.31 Å². The van der Waals surface area contributed by atoms with E-state index in [2.05, 4.69) is 5.32 Å². The van der Waals surface area contributed by atoms with E-state index >= 15 is 0 Å². The van der Waals surface area contributed by atoms with Crippen LogP contribution in [0, 0.1) is 0 Å². The smallest absolute Gasteiger partial charge is 0.255 e. The highest BCUT2D eigenvalue weighted by Crippen LogP contribution is 2.25. The van der Waals surface area contributed by atoms with Gasteiger partial charge in [0.1, 0.15) is 11.5 Å². The Morgan fingerprint density at radius 2 is 1.83 bits per heavy atom. The average molecular weight is 435 g/mol. The maximum Gasteiger partial charge on any atom is 0.255 e.